The second-order valence-electron chi connectivity index (χ2n) is 11.6. The average Bonchev–Trinajstić information content (AvgIpc) is 3.37. The molecule has 3 aromatic carbocycles. The number of hydrogen-bond donors (Lipinski definition) is 0. The summed E-state index contributed by atoms with van der Waals surface area (Å²) in [6.07, 6.45) is 2.42. The van der Waals surface area contributed by atoms with Gasteiger partial charge in [0.25, 0.3) is 0 Å². The third-order valence-electron chi connectivity index (χ3n) is 8.94. The number of imidazole rings is 1. The molecule has 7 rings (SSSR count). The van der Waals surface area contributed by atoms with E-state index in [2.05, 4.69) is 20.4 Å². The maximum Gasteiger partial charge on any atom is 0.337 e. The van der Waals surface area contributed by atoms with E-state index in [-0.39, 0.29) is 30.3 Å². The van der Waals surface area contributed by atoms with Crippen molar-refractivity contribution in [3.8, 4) is 11.5 Å². The van der Waals surface area contributed by atoms with E-state index < -0.39 is 11.9 Å². The van der Waals surface area contributed by atoms with Gasteiger partial charge in [0, 0.05) is 17.7 Å². The molecular weight excluding hydrogens is 563 g/mol. The van der Waals surface area contributed by atoms with Crippen molar-refractivity contribution in [1.29, 1.82) is 0 Å². The molecule has 0 aliphatic carbocycles. The summed E-state index contributed by atoms with van der Waals surface area (Å²) in [5, 5.41) is 0. The zero-order valence-corrected chi connectivity index (χ0v) is 24.5. The lowest BCUT2D eigenvalue weighted by atomic mass is 9.88. The Hall–Kier alpha value is -4.46. The SMILES string of the molecule is [C-]#[N+]c1ccc([C@H]2COc3cccc(C4CCN(Cc5nc6ccc(C(=O)OC)cc6n5C[C@@H]5CCO5)CC4)c3O2)c(F)c1. The van der Waals surface area contributed by atoms with Crippen LogP contribution in [0.2, 0.25) is 0 Å². The van der Waals surface area contributed by atoms with Gasteiger partial charge in [-0.2, -0.15) is 0 Å². The minimum Gasteiger partial charge on any atom is -0.485 e. The third kappa shape index (κ3) is 5.38. The number of ether oxygens (including phenoxy) is 4. The number of nitrogens with zero attached hydrogens (tertiary/aromatic N) is 4. The minimum atomic E-state index is -0.587. The number of benzene rings is 3. The molecule has 10 heteroatoms. The number of aromatic nitrogens is 2. The van der Waals surface area contributed by atoms with Gasteiger partial charge in [-0.15, -0.1) is 0 Å². The Morgan fingerprint density at radius 3 is 2.68 bits per heavy atom. The smallest absolute Gasteiger partial charge is 0.337 e. The Balaban J connectivity index is 1.07. The molecule has 0 bridgehead atoms. The Labute approximate surface area is 254 Å². The van der Waals surface area contributed by atoms with Crippen LogP contribution in [-0.4, -0.2) is 59.9 Å². The highest BCUT2D eigenvalue weighted by Gasteiger charge is 2.31. The molecule has 2 atom stereocenters. The molecule has 0 amide bonds. The quantitative estimate of drug-likeness (QED) is 0.186. The summed E-state index contributed by atoms with van der Waals surface area (Å²) in [5.74, 6) is 1.76. The second-order valence-corrected chi connectivity index (χ2v) is 11.6. The lowest BCUT2D eigenvalue weighted by molar-refractivity contribution is -0.0592. The van der Waals surface area contributed by atoms with Crippen molar-refractivity contribution in [3.63, 3.8) is 0 Å². The lowest BCUT2D eigenvalue weighted by Gasteiger charge is -2.35. The number of rotatable bonds is 7. The molecule has 3 aliphatic heterocycles. The Bertz CT molecular complexity index is 1750. The lowest BCUT2D eigenvalue weighted by Crippen LogP contribution is -2.35. The highest BCUT2D eigenvalue weighted by Crippen LogP contribution is 2.45. The molecule has 2 fully saturated rings. The van der Waals surface area contributed by atoms with Crippen LogP contribution in [0.25, 0.3) is 15.9 Å². The van der Waals surface area contributed by atoms with Gasteiger partial charge >= 0.3 is 5.97 Å². The van der Waals surface area contributed by atoms with Crippen LogP contribution in [-0.2, 0) is 22.6 Å². The van der Waals surface area contributed by atoms with Crippen LogP contribution >= 0.6 is 0 Å². The minimum absolute atomic E-state index is 0.146. The van der Waals surface area contributed by atoms with E-state index in [1.54, 1.807) is 18.2 Å². The molecule has 1 aromatic heterocycles. The summed E-state index contributed by atoms with van der Waals surface area (Å²) in [6.45, 7) is 11.3. The summed E-state index contributed by atoms with van der Waals surface area (Å²) in [6, 6.07) is 15.9. The van der Waals surface area contributed by atoms with E-state index in [0.29, 0.717) is 35.7 Å². The largest absolute Gasteiger partial charge is 0.485 e. The predicted molar refractivity (Wildman–Crippen MR) is 161 cm³/mol. The number of carbonyl (C=O) groups is 1. The molecule has 4 aromatic rings. The van der Waals surface area contributed by atoms with Crippen molar-refractivity contribution < 1.29 is 28.1 Å². The van der Waals surface area contributed by atoms with Crippen LogP contribution in [0, 0.1) is 12.4 Å². The predicted octanol–water partition coefficient (Wildman–Crippen LogP) is 6.19. The third-order valence-corrected chi connectivity index (χ3v) is 8.94. The first-order valence-corrected chi connectivity index (χ1v) is 15.0. The van der Waals surface area contributed by atoms with Crippen molar-refractivity contribution in [2.24, 2.45) is 0 Å². The Kier molecular flexibility index (Phi) is 7.66. The van der Waals surface area contributed by atoms with Gasteiger partial charge in [0.2, 0.25) is 0 Å². The summed E-state index contributed by atoms with van der Waals surface area (Å²) >= 11 is 0. The molecule has 4 heterocycles. The van der Waals surface area contributed by atoms with Gasteiger partial charge in [0.05, 0.1) is 49.5 Å². The second kappa shape index (κ2) is 11.9. The first kappa shape index (κ1) is 28.3. The molecule has 3 aliphatic rings. The van der Waals surface area contributed by atoms with E-state index in [1.165, 1.54) is 13.2 Å². The van der Waals surface area contributed by atoms with Crippen molar-refractivity contribution in [1.82, 2.24) is 14.5 Å². The number of methoxy groups -OCH3 is 1. The average molecular weight is 597 g/mol. The number of piperidine rings is 1. The van der Waals surface area contributed by atoms with Crippen LogP contribution in [0.3, 0.4) is 0 Å². The van der Waals surface area contributed by atoms with Gasteiger partial charge in [-0.25, -0.2) is 19.0 Å². The van der Waals surface area contributed by atoms with Crippen LogP contribution in [0.1, 0.15) is 58.6 Å². The number of para-hydroxylation sites is 1. The maximum absolute atomic E-state index is 14.8. The number of esters is 1. The number of halogens is 1. The molecule has 2 saturated heterocycles. The first-order valence-electron chi connectivity index (χ1n) is 15.0. The standard InChI is InChI=1S/C34H33FN4O5/c1-36-23-7-8-26(27(35)17-23)31-20-43-30-5-3-4-25(33(30)44-31)21-10-13-38(14-11-21)19-32-37-28-9-6-22(34(40)41-2)16-29(28)39(32)18-24-12-15-42-24/h3-9,16-17,21,24,31H,10-15,18-20H2,2H3/t24-,31+/m0/s1. The van der Waals surface area contributed by atoms with Crippen LogP contribution < -0.4 is 9.47 Å². The Morgan fingerprint density at radius 1 is 1.11 bits per heavy atom. The number of likely N-dealkylation sites (tertiary alicyclic amines) is 1. The highest BCUT2D eigenvalue weighted by atomic mass is 19.1. The molecule has 0 radical (unpaired) electrons. The van der Waals surface area contributed by atoms with E-state index in [0.717, 1.165) is 61.4 Å². The van der Waals surface area contributed by atoms with Crippen molar-refractivity contribution in [3.05, 3.63) is 94.3 Å². The van der Waals surface area contributed by atoms with Crippen LogP contribution in [0.15, 0.2) is 54.6 Å². The molecule has 44 heavy (non-hydrogen) atoms. The van der Waals surface area contributed by atoms with Gasteiger partial charge in [-0.3, -0.25) is 4.90 Å². The van der Waals surface area contributed by atoms with Crippen molar-refractivity contribution in [2.45, 2.75) is 50.5 Å². The van der Waals surface area contributed by atoms with E-state index in [4.69, 9.17) is 30.5 Å². The van der Waals surface area contributed by atoms with Crippen molar-refractivity contribution in [2.75, 3.05) is 33.4 Å². The maximum atomic E-state index is 14.8. The number of hydrogen-bond acceptors (Lipinski definition) is 7. The van der Waals surface area contributed by atoms with E-state index >= 15 is 0 Å². The number of carbonyl (C=O) groups excluding carboxylic acids is 1. The Morgan fingerprint density at radius 2 is 1.95 bits per heavy atom. The van der Waals surface area contributed by atoms with Gasteiger partial charge in [0.1, 0.15) is 18.2 Å². The van der Waals surface area contributed by atoms with Crippen LogP contribution in [0.4, 0.5) is 10.1 Å². The zero-order valence-electron chi connectivity index (χ0n) is 24.5. The monoisotopic (exact) mass is 596 g/mol. The van der Waals surface area contributed by atoms with Gasteiger partial charge in [-0.05, 0) is 68.6 Å². The fraction of sp³-hybridized carbons (Fsp3) is 0.382. The molecule has 9 nitrogen and oxygen atoms in total. The highest BCUT2D eigenvalue weighted by molar-refractivity contribution is 5.93. The summed E-state index contributed by atoms with van der Waals surface area (Å²) < 4.78 is 40.1. The van der Waals surface area contributed by atoms with E-state index in [1.807, 2.05) is 24.3 Å². The molecule has 226 valence electrons. The fourth-order valence-corrected chi connectivity index (χ4v) is 6.41. The molecular formula is C34H33FN4O5. The summed E-state index contributed by atoms with van der Waals surface area (Å²) in [5.41, 5.74) is 4.00. The zero-order chi connectivity index (χ0) is 30.2. The molecule has 0 N–H and O–H groups in total. The summed E-state index contributed by atoms with van der Waals surface area (Å²) in [4.78, 5) is 22.9. The van der Waals surface area contributed by atoms with Crippen LogP contribution in [0.5, 0.6) is 11.5 Å². The first-order chi connectivity index (χ1) is 21.5. The van der Waals surface area contributed by atoms with E-state index in [9.17, 15) is 9.18 Å². The summed E-state index contributed by atoms with van der Waals surface area (Å²) in [7, 11) is 1.39. The molecule has 0 unspecified atom stereocenters. The fourth-order valence-electron chi connectivity index (χ4n) is 6.41. The van der Waals surface area contributed by atoms with Crippen molar-refractivity contribution >= 4 is 22.7 Å². The van der Waals surface area contributed by atoms with Gasteiger partial charge in [0.15, 0.2) is 23.3 Å². The molecule has 0 saturated carbocycles. The molecule has 0 spiro atoms. The van der Waals surface area contributed by atoms with Gasteiger partial charge in [-0.1, -0.05) is 24.3 Å². The number of fused-ring (bicyclic) bond motifs is 2. The van der Waals surface area contributed by atoms with Gasteiger partial charge < -0.3 is 23.5 Å². The normalized spacial score (nSPS) is 20.2. The topological polar surface area (TPSA) is 79.4 Å².